The monoisotopic (exact) mass is 125 g/mol. The average Bonchev–Trinajstić information content (AvgIpc) is 2.19. The summed E-state index contributed by atoms with van der Waals surface area (Å²) >= 11 is 1.38. The van der Waals surface area contributed by atoms with Gasteiger partial charge in [-0.3, -0.25) is 0 Å². The van der Waals surface area contributed by atoms with Crippen LogP contribution in [0.1, 0.15) is 4.88 Å². The van der Waals surface area contributed by atoms with Gasteiger partial charge in [-0.1, -0.05) is 0 Å². The van der Waals surface area contributed by atoms with E-state index in [1.807, 2.05) is 0 Å². The van der Waals surface area contributed by atoms with Gasteiger partial charge in [0.25, 0.3) is 0 Å². The molecule has 0 fully saturated rings. The zero-order chi connectivity index (χ0) is 5.82. The molecule has 1 aromatic heterocycles. The zero-order valence-electron chi connectivity index (χ0n) is 3.94. The first kappa shape index (κ1) is 5.33. The molecule has 1 radical (unpaired) electrons. The van der Waals surface area contributed by atoms with Crippen LogP contribution < -0.4 is 0 Å². The molecule has 0 aromatic carbocycles. The Bertz CT molecular complexity index is 202. The van der Waals surface area contributed by atoms with Crippen molar-refractivity contribution in [1.29, 1.82) is 0 Å². The van der Waals surface area contributed by atoms with Crippen molar-refractivity contribution in [3.63, 3.8) is 0 Å². The molecule has 1 aromatic rings. The molecule has 0 saturated carbocycles. The summed E-state index contributed by atoms with van der Waals surface area (Å²) in [6.45, 7) is 0. The zero-order valence-corrected chi connectivity index (χ0v) is 4.76. The first-order valence-electron chi connectivity index (χ1n) is 1.99. The number of rotatable bonds is 0. The SMILES string of the molecule is FC#Cc1c[c]cs1. The van der Waals surface area contributed by atoms with Gasteiger partial charge in [-0.15, -0.1) is 15.7 Å². The van der Waals surface area contributed by atoms with Crippen LogP contribution in [0, 0.1) is 18.2 Å². The van der Waals surface area contributed by atoms with Crippen molar-refractivity contribution >= 4 is 11.3 Å². The summed E-state index contributed by atoms with van der Waals surface area (Å²) in [5.41, 5.74) is 0. The Hall–Kier alpha value is -0.810. The van der Waals surface area contributed by atoms with Gasteiger partial charge in [0.15, 0.2) is 0 Å². The van der Waals surface area contributed by atoms with Crippen molar-refractivity contribution in [2.24, 2.45) is 0 Å². The Morgan fingerprint density at radius 3 is 3.12 bits per heavy atom. The third kappa shape index (κ3) is 1.08. The normalized spacial score (nSPS) is 7.62. The van der Waals surface area contributed by atoms with Crippen LogP contribution in [0.15, 0.2) is 11.4 Å². The van der Waals surface area contributed by atoms with Gasteiger partial charge in [0.1, 0.15) is 6.17 Å². The maximum atomic E-state index is 11.2. The molecule has 0 N–H and O–H groups in total. The van der Waals surface area contributed by atoms with E-state index in [0.29, 0.717) is 4.88 Å². The van der Waals surface area contributed by atoms with Crippen LogP contribution in [0.2, 0.25) is 0 Å². The molecule has 0 unspecified atom stereocenters. The van der Waals surface area contributed by atoms with Crippen LogP contribution in [-0.4, -0.2) is 0 Å². The lowest BCUT2D eigenvalue weighted by Crippen LogP contribution is -1.53. The van der Waals surface area contributed by atoms with Gasteiger partial charge in [-0.2, -0.15) is 0 Å². The number of hydrogen-bond acceptors (Lipinski definition) is 1. The summed E-state index contributed by atoms with van der Waals surface area (Å²) in [6, 6.07) is 4.41. The van der Waals surface area contributed by atoms with Crippen molar-refractivity contribution in [2.45, 2.75) is 0 Å². The van der Waals surface area contributed by atoms with Gasteiger partial charge in [0.05, 0.1) is 4.88 Å². The number of halogens is 1. The standard InChI is InChI=1S/C6H2FS/c7-4-3-6-2-1-5-8-6/h2,5H. The van der Waals surface area contributed by atoms with Crippen LogP contribution >= 0.6 is 11.3 Å². The van der Waals surface area contributed by atoms with E-state index in [9.17, 15) is 4.39 Å². The third-order valence-electron chi connectivity index (χ3n) is 0.639. The van der Waals surface area contributed by atoms with E-state index in [1.165, 1.54) is 17.5 Å². The van der Waals surface area contributed by atoms with Crippen molar-refractivity contribution in [3.05, 3.63) is 22.4 Å². The Balaban J connectivity index is 2.88. The second-order valence-corrected chi connectivity index (χ2v) is 2.04. The van der Waals surface area contributed by atoms with E-state index >= 15 is 0 Å². The van der Waals surface area contributed by atoms with Gasteiger partial charge in [-0.25, -0.2) is 0 Å². The fourth-order valence-corrected chi connectivity index (χ4v) is 0.850. The average molecular weight is 125 g/mol. The Labute approximate surface area is 51.0 Å². The first-order valence-corrected chi connectivity index (χ1v) is 2.87. The predicted molar refractivity (Wildman–Crippen MR) is 31.1 cm³/mol. The molecule has 0 aliphatic carbocycles. The molecule has 8 heavy (non-hydrogen) atoms. The molecule has 0 nitrogen and oxygen atoms in total. The second-order valence-electron chi connectivity index (χ2n) is 1.13. The molecular weight excluding hydrogens is 123 g/mol. The van der Waals surface area contributed by atoms with E-state index in [0.717, 1.165) is 0 Å². The topological polar surface area (TPSA) is 0 Å². The van der Waals surface area contributed by atoms with Crippen molar-refractivity contribution in [2.75, 3.05) is 0 Å². The molecule has 2 heteroatoms. The lowest BCUT2D eigenvalue weighted by atomic mass is 10.5. The minimum atomic E-state index is 0.715. The molecule has 0 amide bonds. The summed E-state index contributed by atoms with van der Waals surface area (Å²) in [5.74, 6) is 2.26. The highest BCUT2D eigenvalue weighted by Gasteiger charge is 1.82. The summed E-state index contributed by atoms with van der Waals surface area (Å²) in [5, 5.41) is 1.74. The largest absolute Gasteiger partial charge is 0.144 e. The second kappa shape index (κ2) is 2.49. The highest BCUT2D eigenvalue weighted by Crippen LogP contribution is 2.04. The van der Waals surface area contributed by atoms with Crippen LogP contribution in [0.25, 0.3) is 0 Å². The molecular formula is C6H2FS. The highest BCUT2D eigenvalue weighted by atomic mass is 32.1. The number of hydrogen-bond donors (Lipinski definition) is 0. The molecule has 1 rings (SSSR count). The Morgan fingerprint density at radius 1 is 1.75 bits per heavy atom. The Morgan fingerprint density at radius 2 is 2.62 bits per heavy atom. The highest BCUT2D eigenvalue weighted by molar-refractivity contribution is 7.10. The third-order valence-corrected chi connectivity index (χ3v) is 1.37. The smallest absolute Gasteiger partial charge is 0.111 e. The molecule has 1 heterocycles. The predicted octanol–water partition coefficient (Wildman–Crippen LogP) is 1.83. The lowest BCUT2D eigenvalue weighted by Gasteiger charge is -1.67. The molecule has 0 bridgehead atoms. The van der Waals surface area contributed by atoms with Gasteiger partial charge >= 0.3 is 0 Å². The summed E-state index contributed by atoms with van der Waals surface area (Å²) < 4.78 is 11.2. The minimum absolute atomic E-state index is 0.715. The van der Waals surface area contributed by atoms with Crippen molar-refractivity contribution in [1.82, 2.24) is 0 Å². The molecule has 0 atom stereocenters. The van der Waals surface area contributed by atoms with E-state index < -0.39 is 0 Å². The molecule has 0 saturated heterocycles. The quantitative estimate of drug-likeness (QED) is 0.464. The molecule has 39 valence electrons. The van der Waals surface area contributed by atoms with Crippen LogP contribution in [0.5, 0.6) is 0 Å². The lowest BCUT2D eigenvalue weighted by molar-refractivity contribution is 0.774. The first-order chi connectivity index (χ1) is 3.93. The summed E-state index contributed by atoms with van der Waals surface area (Å²) in [7, 11) is 0. The van der Waals surface area contributed by atoms with Gasteiger partial charge < -0.3 is 0 Å². The van der Waals surface area contributed by atoms with E-state index in [2.05, 4.69) is 12.0 Å². The summed E-state index contributed by atoms with van der Waals surface area (Å²) in [6.07, 6.45) is 1.31. The summed E-state index contributed by atoms with van der Waals surface area (Å²) in [4.78, 5) is 0.715. The van der Waals surface area contributed by atoms with Crippen LogP contribution in [0.4, 0.5) is 4.39 Å². The van der Waals surface area contributed by atoms with E-state index in [1.54, 1.807) is 11.4 Å². The van der Waals surface area contributed by atoms with Crippen molar-refractivity contribution in [3.8, 4) is 12.1 Å². The van der Waals surface area contributed by atoms with Gasteiger partial charge in [0.2, 0.25) is 0 Å². The van der Waals surface area contributed by atoms with E-state index in [-0.39, 0.29) is 0 Å². The van der Waals surface area contributed by atoms with Gasteiger partial charge in [-0.05, 0) is 23.4 Å². The number of thiophene rings is 1. The van der Waals surface area contributed by atoms with Crippen LogP contribution in [0.3, 0.4) is 0 Å². The maximum absolute atomic E-state index is 11.2. The van der Waals surface area contributed by atoms with Crippen molar-refractivity contribution < 1.29 is 4.39 Å². The minimum Gasteiger partial charge on any atom is -0.144 e. The maximum Gasteiger partial charge on any atom is 0.111 e. The molecule has 0 spiro atoms. The van der Waals surface area contributed by atoms with E-state index in [4.69, 9.17) is 0 Å². The fourth-order valence-electron chi connectivity index (χ4n) is 0.353. The Kier molecular flexibility index (Phi) is 1.66. The fraction of sp³-hybridized carbons (Fsp3) is 0. The van der Waals surface area contributed by atoms with Crippen LogP contribution in [-0.2, 0) is 0 Å². The molecule has 0 aliphatic rings. The van der Waals surface area contributed by atoms with Gasteiger partial charge in [0, 0.05) is 0 Å². The molecule has 0 aliphatic heterocycles.